The normalized spacial score (nSPS) is 24.3. The molecule has 2 rings (SSSR count). The SMILES string of the molecule is CC.CC.CN1CCC(F)CC1.CN1CCCC(O)C1. The van der Waals surface area contributed by atoms with Crippen LogP contribution in [0, 0.1) is 0 Å². The van der Waals surface area contributed by atoms with Crippen LogP contribution in [0.5, 0.6) is 0 Å². The van der Waals surface area contributed by atoms with Crippen molar-refractivity contribution in [3.8, 4) is 0 Å². The number of aliphatic hydroxyl groups is 1. The van der Waals surface area contributed by atoms with Crippen LogP contribution in [0.3, 0.4) is 0 Å². The molecule has 1 atom stereocenters. The molecule has 4 heteroatoms. The van der Waals surface area contributed by atoms with Crippen LogP contribution in [0.2, 0.25) is 0 Å². The second kappa shape index (κ2) is 15.2. The van der Waals surface area contributed by atoms with Crippen LogP contribution < -0.4 is 0 Å². The number of hydrogen-bond acceptors (Lipinski definition) is 3. The van der Waals surface area contributed by atoms with Crippen LogP contribution in [0.4, 0.5) is 4.39 Å². The predicted octanol–water partition coefficient (Wildman–Crippen LogP) is 3.18. The molecular weight excluding hydrogens is 255 g/mol. The summed E-state index contributed by atoms with van der Waals surface area (Å²) in [6.07, 6.45) is 3.02. The number of likely N-dealkylation sites (N-methyl/N-ethyl adjacent to an activating group) is 1. The molecule has 0 aliphatic carbocycles. The molecule has 0 aromatic carbocycles. The largest absolute Gasteiger partial charge is 0.392 e. The molecule has 2 heterocycles. The summed E-state index contributed by atoms with van der Waals surface area (Å²) in [5.41, 5.74) is 0. The van der Waals surface area contributed by atoms with E-state index in [1.807, 2.05) is 41.8 Å². The van der Waals surface area contributed by atoms with Crippen molar-refractivity contribution in [2.24, 2.45) is 0 Å². The van der Waals surface area contributed by atoms with Gasteiger partial charge in [-0.3, -0.25) is 0 Å². The molecule has 0 spiro atoms. The molecule has 0 bridgehead atoms. The van der Waals surface area contributed by atoms with Gasteiger partial charge in [-0.2, -0.15) is 0 Å². The number of piperidine rings is 2. The smallest absolute Gasteiger partial charge is 0.103 e. The molecule has 2 aliphatic heterocycles. The number of nitrogens with zero attached hydrogens (tertiary/aromatic N) is 2. The Balaban J connectivity index is 0. The Kier molecular flexibility index (Phi) is 16.8. The van der Waals surface area contributed by atoms with E-state index >= 15 is 0 Å². The lowest BCUT2D eigenvalue weighted by atomic mass is 10.1. The van der Waals surface area contributed by atoms with E-state index in [9.17, 15) is 4.39 Å². The van der Waals surface area contributed by atoms with Crippen molar-refractivity contribution in [3.05, 3.63) is 0 Å². The molecule has 0 aromatic heterocycles. The number of aliphatic hydroxyl groups excluding tert-OH is 1. The first-order chi connectivity index (χ1) is 9.58. The summed E-state index contributed by atoms with van der Waals surface area (Å²) in [5.74, 6) is 0. The Morgan fingerprint density at radius 1 is 0.850 bits per heavy atom. The Hall–Kier alpha value is -0.190. The van der Waals surface area contributed by atoms with E-state index in [2.05, 4.69) is 9.80 Å². The lowest BCUT2D eigenvalue weighted by molar-refractivity contribution is 0.0846. The molecule has 2 fully saturated rings. The van der Waals surface area contributed by atoms with Gasteiger partial charge in [0.25, 0.3) is 0 Å². The molecule has 0 saturated carbocycles. The Morgan fingerprint density at radius 3 is 1.65 bits per heavy atom. The minimum atomic E-state index is -0.522. The topological polar surface area (TPSA) is 26.7 Å². The lowest BCUT2D eigenvalue weighted by Gasteiger charge is -2.25. The van der Waals surface area contributed by atoms with E-state index in [1.54, 1.807) is 0 Å². The minimum absolute atomic E-state index is 0.0613. The molecule has 0 aromatic rings. The molecule has 20 heavy (non-hydrogen) atoms. The zero-order valence-corrected chi connectivity index (χ0v) is 14.5. The number of hydrogen-bond donors (Lipinski definition) is 1. The average molecular weight is 292 g/mol. The van der Waals surface area contributed by atoms with Crippen molar-refractivity contribution < 1.29 is 9.50 Å². The molecule has 1 unspecified atom stereocenters. The van der Waals surface area contributed by atoms with E-state index in [-0.39, 0.29) is 6.10 Å². The van der Waals surface area contributed by atoms with Crippen LogP contribution in [-0.2, 0) is 0 Å². The third-order valence-corrected chi connectivity index (χ3v) is 3.25. The highest BCUT2D eigenvalue weighted by Gasteiger charge is 2.14. The third kappa shape index (κ3) is 12.8. The van der Waals surface area contributed by atoms with Gasteiger partial charge in [-0.25, -0.2) is 4.39 Å². The first-order valence-corrected chi connectivity index (χ1v) is 8.27. The van der Waals surface area contributed by atoms with Gasteiger partial charge in [-0.1, -0.05) is 27.7 Å². The highest BCUT2D eigenvalue weighted by molar-refractivity contribution is 4.68. The maximum atomic E-state index is 12.3. The Morgan fingerprint density at radius 2 is 1.35 bits per heavy atom. The molecule has 1 N–H and O–H groups in total. The summed E-state index contributed by atoms with van der Waals surface area (Å²) in [4.78, 5) is 4.32. The highest BCUT2D eigenvalue weighted by atomic mass is 19.1. The Bertz CT molecular complexity index is 167. The Labute approximate surface area is 126 Å². The number of rotatable bonds is 0. The first-order valence-electron chi connectivity index (χ1n) is 8.27. The van der Waals surface area contributed by atoms with Gasteiger partial charge >= 0.3 is 0 Å². The minimum Gasteiger partial charge on any atom is -0.392 e. The summed E-state index contributed by atoms with van der Waals surface area (Å²) in [6, 6.07) is 0. The number of alkyl halides is 1. The van der Waals surface area contributed by atoms with E-state index in [0.29, 0.717) is 0 Å². The van der Waals surface area contributed by atoms with E-state index in [1.165, 1.54) is 0 Å². The fraction of sp³-hybridized carbons (Fsp3) is 1.00. The second-order valence-corrected chi connectivity index (χ2v) is 5.04. The van der Waals surface area contributed by atoms with Gasteiger partial charge in [0, 0.05) is 19.6 Å². The number of halogens is 1. The fourth-order valence-electron chi connectivity index (χ4n) is 2.12. The molecule has 0 radical (unpaired) electrons. The van der Waals surface area contributed by atoms with Crippen LogP contribution in [0.1, 0.15) is 53.4 Å². The van der Waals surface area contributed by atoms with Gasteiger partial charge in [0.15, 0.2) is 0 Å². The van der Waals surface area contributed by atoms with Crippen LogP contribution in [0.25, 0.3) is 0 Å². The molecule has 124 valence electrons. The number of likely N-dealkylation sites (tertiary alicyclic amines) is 2. The highest BCUT2D eigenvalue weighted by Crippen LogP contribution is 2.10. The van der Waals surface area contributed by atoms with Gasteiger partial charge in [-0.15, -0.1) is 0 Å². The molecule has 0 amide bonds. The van der Waals surface area contributed by atoms with Crippen molar-refractivity contribution in [1.82, 2.24) is 9.80 Å². The van der Waals surface area contributed by atoms with Crippen molar-refractivity contribution in [2.45, 2.75) is 65.7 Å². The van der Waals surface area contributed by atoms with Crippen molar-refractivity contribution >= 4 is 0 Å². The van der Waals surface area contributed by atoms with E-state index in [0.717, 1.165) is 51.9 Å². The van der Waals surface area contributed by atoms with Crippen molar-refractivity contribution in [1.29, 1.82) is 0 Å². The maximum absolute atomic E-state index is 12.3. The molecule has 2 saturated heterocycles. The van der Waals surface area contributed by atoms with E-state index < -0.39 is 6.17 Å². The van der Waals surface area contributed by atoms with Crippen LogP contribution >= 0.6 is 0 Å². The van der Waals surface area contributed by atoms with E-state index in [4.69, 9.17) is 5.11 Å². The van der Waals surface area contributed by atoms with Gasteiger partial charge in [0.2, 0.25) is 0 Å². The third-order valence-electron chi connectivity index (χ3n) is 3.25. The zero-order valence-electron chi connectivity index (χ0n) is 14.5. The van der Waals surface area contributed by atoms with Gasteiger partial charge in [0.05, 0.1) is 6.10 Å². The summed E-state index contributed by atoms with van der Waals surface area (Å²) in [6.45, 7) is 11.9. The van der Waals surface area contributed by atoms with Crippen molar-refractivity contribution in [2.75, 3.05) is 40.3 Å². The summed E-state index contributed by atoms with van der Waals surface area (Å²) >= 11 is 0. The fourth-order valence-corrected chi connectivity index (χ4v) is 2.12. The second-order valence-electron chi connectivity index (χ2n) is 5.04. The lowest BCUT2D eigenvalue weighted by Crippen LogP contribution is -2.34. The first kappa shape index (κ1) is 22.1. The number of β-amino-alcohol motifs (C(OH)–C–C–N with tert-alkyl or cyclic N) is 1. The van der Waals surface area contributed by atoms with Gasteiger partial charge in [0.1, 0.15) is 6.17 Å². The molecular formula is C16H37FN2O. The van der Waals surface area contributed by atoms with Crippen molar-refractivity contribution in [3.63, 3.8) is 0 Å². The van der Waals surface area contributed by atoms with Crippen LogP contribution in [-0.4, -0.2) is 67.5 Å². The predicted molar refractivity (Wildman–Crippen MR) is 87.1 cm³/mol. The standard InChI is InChI=1S/C6H12FN.C6H13NO.2C2H6/c1-8-4-2-6(7)3-5-8;1-7-4-2-3-6(8)5-7;2*1-2/h6H,2-5H2,1H3;6,8H,2-5H2,1H3;2*1-2H3. The van der Waals surface area contributed by atoms with Gasteiger partial charge < -0.3 is 14.9 Å². The maximum Gasteiger partial charge on any atom is 0.103 e. The average Bonchev–Trinajstić information content (AvgIpc) is 2.47. The summed E-state index contributed by atoms with van der Waals surface area (Å²) in [5, 5.41) is 9.04. The van der Waals surface area contributed by atoms with Gasteiger partial charge in [-0.05, 0) is 46.3 Å². The summed E-state index contributed by atoms with van der Waals surface area (Å²) < 4.78 is 12.3. The van der Waals surface area contributed by atoms with Crippen LogP contribution in [0.15, 0.2) is 0 Å². The summed E-state index contributed by atoms with van der Waals surface area (Å²) in [7, 11) is 4.08. The molecule has 2 aliphatic rings. The quantitative estimate of drug-likeness (QED) is 0.743. The molecule has 3 nitrogen and oxygen atoms in total. The zero-order chi connectivity index (χ0) is 16.0. The monoisotopic (exact) mass is 292 g/mol.